The van der Waals surface area contributed by atoms with Gasteiger partial charge in [-0.15, -0.1) is 0 Å². The minimum atomic E-state index is -3.48. The van der Waals surface area contributed by atoms with E-state index >= 15 is 0 Å². The Balaban J connectivity index is 1.73. The second-order valence-corrected chi connectivity index (χ2v) is 7.42. The minimum Gasteiger partial charge on any atom is -0.381 e. The number of ether oxygens (including phenoxy) is 1. The summed E-state index contributed by atoms with van der Waals surface area (Å²) in [4.78, 5) is 12.1. The minimum absolute atomic E-state index is 0.157. The summed E-state index contributed by atoms with van der Waals surface area (Å²) in [5.74, 6) is 0.543. The number of nitrogens with one attached hydrogen (secondary N) is 2. The van der Waals surface area contributed by atoms with Gasteiger partial charge in [-0.2, -0.15) is 0 Å². The Hall–Kier alpha value is -1.44. The molecule has 1 amide bonds. The summed E-state index contributed by atoms with van der Waals surface area (Å²) in [6.45, 7) is 4.06. The fourth-order valence-electron chi connectivity index (χ4n) is 2.07. The third-order valence-corrected chi connectivity index (χ3v) is 5.12. The average Bonchev–Trinajstić information content (AvgIpc) is 3.35. The molecular weight excluding hydrogens is 316 g/mol. The summed E-state index contributed by atoms with van der Waals surface area (Å²) >= 11 is 0. The maximum Gasteiger partial charge on any atom is 0.251 e. The number of hydrogen-bond acceptors (Lipinski definition) is 4. The highest BCUT2D eigenvalue weighted by Crippen LogP contribution is 2.28. The molecule has 2 rings (SSSR count). The lowest BCUT2D eigenvalue weighted by molar-refractivity contribution is 0.0937. The van der Waals surface area contributed by atoms with Crippen molar-refractivity contribution in [1.82, 2.24) is 10.0 Å². The van der Waals surface area contributed by atoms with Gasteiger partial charge in [-0.3, -0.25) is 4.79 Å². The lowest BCUT2D eigenvalue weighted by Gasteiger charge is -2.07. The molecule has 0 saturated heterocycles. The Morgan fingerprint density at radius 3 is 2.57 bits per heavy atom. The van der Waals surface area contributed by atoms with Crippen LogP contribution in [0.2, 0.25) is 0 Å². The number of carbonyl (C=O) groups excluding carboxylic acids is 1. The number of benzene rings is 1. The van der Waals surface area contributed by atoms with Crippen LogP contribution in [0.5, 0.6) is 0 Å². The Morgan fingerprint density at radius 1 is 1.26 bits per heavy atom. The Morgan fingerprint density at radius 2 is 1.96 bits per heavy atom. The lowest BCUT2D eigenvalue weighted by Crippen LogP contribution is -2.26. The Labute approximate surface area is 137 Å². The largest absolute Gasteiger partial charge is 0.381 e. The van der Waals surface area contributed by atoms with Crippen LogP contribution in [-0.2, 0) is 14.8 Å². The number of sulfonamides is 1. The first-order valence-electron chi connectivity index (χ1n) is 7.98. The van der Waals surface area contributed by atoms with E-state index in [1.165, 1.54) is 37.1 Å². The van der Waals surface area contributed by atoms with Crippen LogP contribution in [0, 0.1) is 5.92 Å². The molecule has 0 bridgehead atoms. The van der Waals surface area contributed by atoms with Gasteiger partial charge in [0, 0.05) is 31.9 Å². The summed E-state index contributed by atoms with van der Waals surface area (Å²) < 4.78 is 31.5. The third kappa shape index (κ3) is 5.93. The van der Waals surface area contributed by atoms with Crippen molar-refractivity contribution in [2.45, 2.75) is 31.1 Å². The van der Waals surface area contributed by atoms with Crippen LogP contribution in [-0.4, -0.2) is 40.6 Å². The summed E-state index contributed by atoms with van der Waals surface area (Å²) in [6, 6.07) is 5.91. The quantitative estimate of drug-likeness (QED) is 0.633. The summed E-state index contributed by atoms with van der Waals surface area (Å²) in [5, 5.41) is 2.80. The third-order valence-electron chi connectivity index (χ3n) is 3.56. The van der Waals surface area contributed by atoms with Crippen molar-refractivity contribution >= 4 is 15.9 Å². The Bertz CT molecular complexity index is 609. The van der Waals surface area contributed by atoms with Gasteiger partial charge in [0.05, 0.1) is 4.90 Å². The normalized spacial score (nSPS) is 14.7. The highest BCUT2D eigenvalue weighted by Gasteiger charge is 2.20. The predicted molar refractivity (Wildman–Crippen MR) is 87.8 cm³/mol. The van der Waals surface area contributed by atoms with E-state index in [1.54, 1.807) is 6.92 Å². The zero-order chi connectivity index (χ0) is 16.7. The molecule has 0 radical (unpaired) electrons. The molecule has 0 atom stereocenters. The number of carbonyl (C=O) groups is 1. The van der Waals surface area contributed by atoms with E-state index < -0.39 is 10.0 Å². The molecule has 1 fully saturated rings. The van der Waals surface area contributed by atoms with Crippen LogP contribution in [0.25, 0.3) is 0 Å². The fraction of sp³-hybridized carbons (Fsp3) is 0.562. The fourth-order valence-corrected chi connectivity index (χ4v) is 3.11. The highest BCUT2D eigenvalue weighted by atomic mass is 32.2. The van der Waals surface area contributed by atoms with Gasteiger partial charge in [-0.05, 0) is 49.4 Å². The molecular formula is C16H24N2O4S. The molecule has 0 spiro atoms. The Kier molecular flexibility index (Phi) is 6.56. The van der Waals surface area contributed by atoms with Gasteiger partial charge in [0.1, 0.15) is 0 Å². The van der Waals surface area contributed by atoms with Gasteiger partial charge in [0.2, 0.25) is 10.0 Å². The van der Waals surface area contributed by atoms with Crippen molar-refractivity contribution in [3.05, 3.63) is 29.8 Å². The molecule has 1 aromatic rings. The van der Waals surface area contributed by atoms with E-state index in [0.717, 1.165) is 18.9 Å². The van der Waals surface area contributed by atoms with Crippen LogP contribution >= 0.6 is 0 Å². The van der Waals surface area contributed by atoms with Crippen LogP contribution < -0.4 is 10.0 Å². The van der Waals surface area contributed by atoms with Gasteiger partial charge in [-0.1, -0.05) is 6.92 Å². The molecule has 0 aromatic heterocycles. The first-order chi connectivity index (χ1) is 11.0. The van der Waals surface area contributed by atoms with Crippen molar-refractivity contribution in [3.8, 4) is 0 Å². The topological polar surface area (TPSA) is 84.5 Å². The highest BCUT2D eigenvalue weighted by molar-refractivity contribution is 7.89. The zero-order valence-corrected chi connectivity index (χ0v) is 14.2. The first kappa shape index (κ1) is 17.9. The van der Waals surface area contributed by atoms with Gasteiger partial charge in [-0.25, -0.2) is 13.1 Å². The van der Waals surface area contributed by atoms with Crippen molar-refractivity contribution in [1.29, 1.82) is 0 Å². The molecule has 0 heterocycles. The predicted octanol–water partition coefficient (Wildman–Crippen LogP) is 1.53. The molecule has 6 nitrogen and oxygen atoms in total. The molecule has 2 N–H and O–H groups in total. The summed E-state index contributed by atoms with van der Waals surface area (Å²) in [7, 11) is -3.48. The van der Waals surface area contributed by atoms with E-state index in [9.17, 15) is 13.2 Å². The number of rotatable bonds is 10. The van der Waals surface area contributed by atoms with E-state index in [4.69, 9.17) is 4.74 Å². The van der Waals surface area contributed by atoms with Crippen LogP contribution in [0.1, 0.15) is 36.5 Å². The van der Waals surface area contributed by atoms with Crippen LogP contribution in [0.3, 0.4) is 0 Å². The molecule has 1 saturated carbocycles. The molecule has 1 aliphatic rings. The lowest BCUT2D eigenvalue weighted by atomic mass is 10.2. The van der Waals surface area contributed by atoms with Crippen molar-refractivity contribution in [2.75, 3.05) is 26.3 Å². The molecule has 1 aromatic carbocycles. The van der Waals surface area contributed by atoms with E-state index in [1.807, 2.05) is 0 Å². The van der Waals surface area contributed by atoms with Crippen molar-refractivity contribution in [2.24, 2.45) is 5.92 Å². The smallest absolute Gasteiger partial charge is 0.251 e. The molecule has 7 heteroatoms. The standard InChI is InChI=1S/C16H24N2O4S/c1-2-18-23(20,21)15-8-6-14(7-9-15)16(19)17-10-3-11-22-12-13-4-5-13/h6-9,13,18H,2-5,10-12H2,1H3,(H,17,19). The number of amides is 1. The first-order valence-corrected chi connectivity index (χ1v) is 9.47. The van der Waals surface area contributed by atoms with Crippen LogP contribution in [0.15, 0.2) is 29.2 Å². The summed E-state index contributed by atoms with van der Waals surface area (Å²) in [6.07, 6.45) is 3.32. The van der Waals surface area contributed by atoms with Crippen molar-refractivity contribution in [3.63, 3.8) is 0 Å². The van der Waals surface area contributed by atoms with Crippen molar-refractivity contribution < 1.29 is 17.9 Å². The van der Waals surface area contributed by atoms with Gasteiger partial charge in [0.15, 0.2) is 0 Å². The molecule has 128 valence electrons. The molecule has 23 heavy (non-hydrogen) atoms. The second kappa shape index (κ2) is 8.42. The maximum atomic E-state index is 12.0. The van der Waals surface area contributed by atoms with E-state index in [2.05, 4.69) is 10.0 Å². The molecule has 0 unspecified atom stereocenters. The van der Waals surface area contributed by atoms with Gasteiger partial charge >= 0.3 is 0 Å². The van der Waals surface area contributed by atoms with Gasteiger partial charge in [0.25, 0.3) is 5.91 Å². The maximum absolute atomic E-state index is 12.0. The summed E-state index contributed by atoms with van der Waals surface area (Å²) in [5.41, 5.74) is 0.444. The van der Waals surface area contributed by atoms with E-state index in [-0.39, 0.29) is 10.8 Å². The number of hydrogen-bond donors (Lipinski definition) is 2. The zero-order valence-electron chi connectivity index (χ0n) is 13.4. The van der Waals surface area contributed by atoms with E-state index in [0.29, 0.717) is 25.3 Å². The van der Waals surface area contributed by atoms with Crippen LogP contribution in [0.4, 0.5) is 0 Å². The SMILES string of the molecule is CCNS(=O)(=O)c1ccc(C(=O)NCCCOCC2CC2)cc1. The average molecular weight is 340 g/mol. The molecule has 1 aliphatic carbocycles. The molecule has 0 aliphatic heterocycles. The van der Waals surface area contributed by atoms with Gasteiger partial charge < -0.3 is 10.1 Å². The monoisotopic (exact) mass is 340 g/mol. The second-order valence-electron chi connectivity index (χ2n) is 5.65.